The molecule has 0 saturated heterocycles. The summed E-state index contributed by atoms with van der Waals surface area (Å²) in [5, 5.41) is 10.6. The highest BCUT2D eigenvalue weighted by atomic mass is 31.2. The fraction of sp³-hybridized carbons (Fsp3) is 0.948. The number of carbonyl (C=O) groups is 4. The van der Waals surface area contributed by atoms with Gasteiger partial charge in [0.15, 0.2) is 12.2 Å². The van der Waals surface area contributed by atoms with E-state index in [1.165, 1.54) is 225 Å². The minimum Gasteiger partial charge on any atom is -0.462 e. The van der Waals surface area contributed by atoms with Gasteiger partial charge in [0.05, 0.1) is 26.4 Å². The summed E-state index contributed by atoms with van der Waals surface area (Å²) < 4.78 is 68.3. The van der Waals surface area contributed by atoms with Crippen molar-refractivity contribution in [3.63, 3.8) is 0 Å². The minimum absolute atomic E-state index is 0.106. The second kappa shape index (κ2) is 70.1. The quantitative estimate of drug-likeness (QED) is 0.0222. The third-order valence-corrected chi connectivity index (χ3v) is 20.3. The molecule has 17 nitrogen and oxygen atoms in total. The fourth-order valence-corrected chi connectivity index (χ4v) is 13.4. The maximum absolute atomic E-state index is 13.1. The van der Waals surface area contributed by atoms with E-state index >= 15 is 0 Å². The van der Waals surface area contributed by atoms with Gasteiger partial charge in [-0.2, -0.15) is 0 Å². The predicted octanol–water partition coefficient (Wildman–Crippen LogP) is 22.9. The van der Waals surface area contributed by atoms with Crippen LogP contribution < -0.4 is 0 Å². The molecule has 0 spiro atoms. The third kappa shape index (κ3) is 69.2. The van der Waals surface area contributed by atoms with Gasteiger partial charge in [0.2, 0.25) is 0 Å². The Morgan fingerprint density at radius 3 is 0.740 bits per heavy atom. The maximum atomic E-state index is 13.1. The number of hydrogen-bond donors (Lipinski definition) is 3. The molecule has 0 saturated carbocycles. The summed E-state index contributed by atoms with van der Waals surface area (Å²) in [5.41, 5.74) is 0. The van der Waals surface area contributed by atoms with E-state index in [9.17, 15) is 43.2 Å². The number of phosphoric acid groups is 2. The Morgan fingerprint density at radius 2 is 0.500 bits per heavy atom. The van der Waals surface area contributed by atoms with Crippen molar-refractivity contribution in [1.29, 1.82) is 0 Å². The summed E-state index contributed by atoms with van der Waals surface area (Å²) in [7, 11) is -9.90. The second-order valence-electron chi connectivity index (χ2n) is 28.0. The Balaban J connectivity index is 5.11. The molecule has 3 unspecified atom stereocenters. The molecule has 0 fully saturated rings. The predicted molar refractivity (Wildman–Crippen MR) is 391 cm³/mol. The largest absolute Gasteiger partial charge is 0.472 e. The Labute approximate surface area is 588 Å². The van der Waals surface area contributed by atoms with E-state index < -0.39 is 97.5 Å². The van der Waals surface area contributed by atoms with Crippen LogP contribution in [0.2, 0.25) is 0 Å². The van der Waals surface area contributed by atoms with Crippen LogP contribution in [0.25, 0.3) is 0 Å². The van der Waals surface area contributed by atoms with Gasteiger partial charge >= 0.3 is 39.5 Å². The fourth-order valence-electron chi connectivity index (χ4n) is 11.8. The first-order chi connectivity index (χ1) is 46.6. The summed E-state index contributed by atoms with van der Waals surface area (Å²) in [6, 6.07) is 0. The standard InChI is InChI=1S/C77H150O17P2/c1-6-10-13-16-18-20-22-24-26-27-28-29-30-31-32-34-36-38-43-47-52-57-62-77(82)94-73(67-88-75(80)61-56-51-46-42-37-35-33-25-23-21-19-17-14-11-7-2)69-92-96(85,86)90-65-71(78)64-89-95(83,84)91-68-72(66-87-74(79)60-55-49-15-12-8-3)93-76(81)63-58-53-48-44-40-39-41-45-50-54-59-70(5)9-4/h70-73,78H,6-69H2,1-5H3,(H,83,84)(H,85,86)/t70?,71-,72+,73+/m0/s1. The van der Waals surface area contributed by atoms with Crippen LogP contribution in [0.5, 0.6) is 0 Å². The molecule has 0 radical (unpaired) electrons. The van der Waals surface area contributed by atoms with Gasteiger partial charge in [0.1, 0.15) is 19.3 Å². The molecule has 6 atom stereocenters. The number of rotatable bonds is 77. The van der Waals surface area contributed by atoms with Gasteiger partial charge in [-0.3, -0.25) is 37.3 Å². The van der Waals surface area contributed by atoms with Gasteiger partial charge in [-0.25, -0.2) is 9.13 Å². The average molecular weight is 1410 g/mol. The van der Waals surface area contributed by atoms with Crippen LogP contribution in [0.15, 0.2) is 0 Å². The zero-order chi connectivity index (χ0) is 70.5. The van der Waals surface area contributed by atoms with Crippen molar-refractivity contribution in [2.75, 3.05) is 39.6 Å². The molecule has 0 aromatic rings. The highest BCUT2D eigenvalue weighted by Crippen LogP contribution is 2.45. The van der Waals surface area contributed by atoms with E-state index in [1.807, 2.05) is 0 Å². The number of unbranched alkanes of at least 4 members (excludes halogenated alkanes) is 48. The number of esters is 4. The van der Waals surface area contributed by atoms with Gasteiger partial charge in [0, 0.05) is 25.7 Å². The van der Waals surface area contributed by atoms with E-state index in [2.05, 4.69) is 34.6 Å². The van der Waals surface area contributed by atoms with E-state index in [-0.39, 0.29) is 25.7 Å². The summed E-state index contributed by atoms with van der Waals surface area (Å²) >= 11 is 0. The summed E-state index contributed by atoms with van der Waals surface area (Å²) in [5.74, 6) is -1.32. The minimum atomic E-state index is -4.96. The summed E-state index contributed by atoms with van der Waals surface area (Å²) in [6.07, 6.45) is 60.1. The van der Waals surface area contributed by atoms with Crippen molar-refractivity contribution >= 4 is 39.5 Å². The Hall–Kier alpha value is -1.94. The lowest BCUT2D eigenvalue weighted by molar-refractivity contribution is -0.161. The lowest BCUT2D eigenvalue weighted by atomic mass is 9.99. The number of aliphatic hydroxyl groups is 1. The van der Waals surface area contributed by atoms with Crippen LogP contribution in [0.3, 0.4) is 0 Å². The van der Waals surface area contributed by atoms with Gasteiger partial charge < -0.3 is 33.8 Å². The van der Waals surface area contributed by atoms with Crippen molar-refractivity contribution in [2.24, 2.45) is 5.92 Å². The average Bonchev–Trinajstić information content (AvgIpc) is 1.38. The van der Waals surface area contributed by atoms with E-state index in [0.29, 0.717) is 25.7 Å². The zero-order valence-corrected chi connectivity index (χ0v) is 64.3. The van der Waals surface area contributed by atoms with Crippen LogP contribution in [0.4, 0.5) is 0 Å². The summed E-state index contributed by atoms with van der Waals surface area (Å²) in [6.45, 7) is 7.23. The molecular formula is C77H150O17P2. The number of hydrogen-bond acceptors (Lipinski definition) is 15. The van der Waals surface area contributed by atoms with Crippen LogP contribution >= 0.6 is 15.6 Å². The van der Waals surface area contributed by atoms with Gasteiger partial charge in [-0.1, -0.05) is 356 Å². The van der Waals surface area contributed by atoms with Crippen LogP contribution in [0, 0.1) is 5.92 Å². The number of carbonyl (C=O) groups excluding carboxylic acids is 4. The van der Waals surface area contributed by atoms with Crippen LogP contribution in [0.1, 0.15) is 407 Å². The molecule has 0 aliphatic carbocycles. The molecule has 0 bridgehead atoms. The molecule has 3 N–H and O–H groups in total. The highest BCUT2D eigenvalue weighted by molar-refractivity contribution is 7.47. The van der Waals surface area contributed by atoms with Gasteiger partial charge in [-0.15, -0.1) is 0 Å². The molecule has 0 aliphatic rings. The molecule has 0 aliphatic heterocycles. The normalized spacial score (nSPS) is 14.2. The van der Waals surface area contributed by atoms with E-state index in [0.717, 1.165) is 102 Å². The molecule has 0 rings (SSSR count). The van der Waals surface area contributed by atoms with Crippen LogP contribution in [-0.2, 0) is 65.4 Å². The van der Waals surface area contributed by atoms with Crippen molar-refractivity contribution in [1.82, 2.24) is 0 Å². The van der Waals surface area contributed by atoms with Gasteiger partial charge in [-0.05, 0) is 31.6 Å². The van der Waals surface area contributed by atoms with E-state index in [4.69, 9.17) is 37.0 Å². The Morgan fingerprint density at radius 1 is 0.292 bits per heavy atom. The van der Waals surface area contributed by atoms with Crippen molar-refractivity contribution < 1.29 is 80.2 Å². The molecule has 0 heterocycles. The third-order valence-electron chi connectivity index (χ3n) is 18.4. The smallest absolute Gasteiger partial charge is 0.462 e. The number of phosphoric ester groups is 2. The lowest BCUT2D eigenvalue weighted by Crippen LogP contribution is -2.30. The van der Waals surface area contributed by atoms with Crippen molar-refractivity contribution in [3.05, 3.63) is 0 Å². The first kappa shape index (κ1) is 94.1. The van der Waals surface area contributed by atoms with Crippen LogP contribution in [-0.4, -0.2) is 96.7 Å². The Bertz CT molecular complexity index is 1840. The maximum Gasteiger partial charge on any atom is 0.472 e. The first-order valence-corrected chi connectivity index (χ1v) is 43.2. The first-order valence-electron chi connectivity index (χ1n) is 40.2. The summed E-state index contributed by atoms with van der Waals surface area (Å²) in [4.78, 5) is 72.5. The molecule has 0 aromatic carbocycles. The SMILES string of the molecule is CCCCCCCCCCCCCCCCCCCCCCCCC(=O)O[C@H](COC(=O)CCCCCCCCCCCCCCCCC)COP(=O)(O)OC[C@@H](O)COP(=O)(O)OC[C@@H](COC(=O)CCCCCCC)OC(=O)CCCCCCCCCCCCC(C)CC. The molecule has 570 valence electrons. The Kier molecular flexibility index (Phi) is 68.7. The second-order valence-corrected chi connectivity index (χ2v) is 30.9. The zero-order valence-electron chi connectivity index (χ0n) is 62.5. The number of aliphatic hydroxyl groups excluding tert-OH is 1. The monoisotopic (exact) mass is 1410 g/mol. The topological polar surface area (TPSA) is 237 Å². The van der Waals surface area contributed by atoms with Crippen molar-refractivity contribution in [2.45, 2.75) is 425 Å². The number of ether oxygens (including phenoxy) is 4. The van der Waals surface area contributed by atoms with Crippen molar-refractivity contribution in [3.8, 4) is 0 Å². The highest BCUT2D eigenvalue weighted by Gasteiger charge is 2.30. The molecular weight excluding hydrogens is 1260 g/mol. The molecule has 96 heavy (non-hydrogen) atoms. The molecule has 19 heteroatoms. The molecule has 0 aromatic heterocycles. The van der Waals surface area contributed by atoms with E-state index in [1.54, 1.807) is 0 Å². The lowest BCUT2D eigenvalue weighted by Gasteiger charge is -2.21. The van der Waals surface area contributed by atoms with Gasteiger partial charge in [0.25, 0.3) is 0 Å². The molecule has 0 amide bonds.